The minimum absolute atomic E-state index is 0.158. The molecule has 1 saturated carbocycles. The Hall–Kier alpha value is -2.54. The van der Waals surface area contributed by atoms with E-state index in [4.69, 9.17) is 5.11 Å². The molecule has 2 aromatic rings. The van der Waals surface area contributed by atoms with Crippen molar-refractivity contribution in [2.24, 2.45) is 11.3 Å². The molecular weight excluding hydrogens is 417 g/mol. The highest BCUT2D eigenvalue weighted by Gasteiger charge is 2.58. The zero-order valence-corrected chi connectivity index (χ0v) is 18.0. The van der Waals surface area contributed by atoms with E-state index in [2.05, 4.69) is 5.32 Å². The molecule has 0 spiro atoms. The molecule has 1 aliphatic heterocycles. The van der Waals surface area contributed by atoms with Gasteiger partial charge in [0.05, 0.1) is 11.0 Å². The second kappa shape index (κ2) is 9.14. The van der Waals surface area contributed by atoms with Gasteiger partial charge in [0.2, 0.25) is 0 Å². The molecule has 2 fully saturated rings. The van der Waals surface area contributed by atoms with Crippen LogP contribution >= 0.6 is 0 Å². The predicted octanol–water partition coefficient (Wildman–Crippen LogP) is 5.91. The van der Waals surface area contributed by atoms with E-state index in [0.717, 1.165) is 49.3 Å². The molecule has 0 atom stereocenters. The number of carboxylic acids is 1. The van der Waals surface area contributed by atoms with Gasteiger partial charge in [-0.05, 0) is 80.1 Å². The molecule has 1 heterocycles. The zero-order chi connectivity index (χ0) is 22.8. The van der Waals surface area contributed by atoms with Crippen molar-refractivity contribution in [3.8, 4) is 11.1 Å². The van der Waals surface area contributed by atoms with Crippen molar-refractivity contribution in [2.45, 2.75) is 38.3 Å². The van der Waals surface area contributed by atoms with Gasteiger partial charge in [0.25, 0.3) is 0 Å². The Labute approximate surface area is 186 Å². The third kappa shape index (κ3) is 4.93. The van der Waals surface area contributed by atoms with Crippen molar-refractivity contribution >= 4 is 11.7 Å². The van der Waals surface area contributed by atoms with E-state index in [-0.39, 0.29) is 24.9 Å². The smallest absolute Gasteiger partial charge is 0.395 e. The van der Waals surface area contributed by atoms with Crippen LogP contribution in [0.1, 0.15) is 42.5 Å². The second-order valence-corrected chi connectivity index (χ2v) is 9.19. The maximum Gasteiger partial charge on any atom is 0.395 e. The van der Waals surface area contributed by atoms with Crippen LogP contribution in [-0.4, -0.2) is 48.3 Å². The topological polar surface area (TPSA) is 52.6 Å². The number of hydrogen-bond donors (Lipinski definition) is 2. The van der Waals surface area contributed by atoms with Crippen LogP contribution in [0.3, 0.4) is 0 Å². The fourth-order valence-electron chi connectivity index (χ4n) is 4.76. The Bertz CT molecular complexity index is 914. The first kappa shape index (κ1) is 22.6. The van der Waals surface area contributed by atoms with Crippen LogP contribution in [0, 0.1) is 11.3 Å². The summed E-state index contributed by atoms with van der Waals surface area (Å²) in [5.74, 6) is -0.484. The lowest BCUT2D eigenvalue weighted by atomic mass is 9.67. The molecule has 4 rings (SSSR count). The molecule has 2 aromatic carbocycles. The quantitative estimate of drug-likeness (QED) is 0.555. The highest BCUT2D eigenvalue weighted by molar-refractivity contribution is 5.88. The molecule has 1 aliphatic carbocycles. The number of rotatable bonds is 7. The van der Waals surface area contributed by atoms with Crippen molar-refractivity contribution < 1.29 is 23.1 Å². The number of nitrogens with zero attached hydrogens (tertiary/aromatic N) is 1. The van der Waals surface area contributed by atoms with E-state index in [1.165, 1.54) is 0 Å². The lowest BCUT2D eigenvalue weighted by molar-refractivity contribution is -0.256. The van der Waals surface area contributed by atoms with Gasteiger partial charge in [-0.1, -0.05) is 30.7 Å². The Kier molecular flexibility index (Phi) is 6.47. The van der Waals surface area contributed by atoms with E-state index >= 15 is 0 Å². The van der Waals surface area contributed by atoms with Gasteiger partial charge in [-0.2, -0.15) is 13.2 Å². The molecule has 7 heteroatoms. The SMILES string of the molecule is O=C(O)c1ccc(-c2ccc(NCC3CCN(CC4(C(F)(F)F)CCC4)CC3)cc2)cc1. The number of halogens is 3. The van der Waals surface area contributed by atoms with Crippen LogP contribution in [0.4, 0.5) is 18.9 Å². The van der Waals surface area contributed by atoms with Gasteiger partial charge in [0, 0.05) is 18.8 Å². The second-order valence-electron chi connectivity index (χ2n) is 9.19. The molecule has 2 N–H and O–H groups in total. The van der Waals surface area contributed by atoms with Crippen LogP contribution in [0.25, 0.3) is 11.1 Å². The number of aromatic carboxylic acids is 1. The Balaban J connectivity index is 1.24. The van der Waals surface area contributed by atoms with Crippen molar-refractivity contribution in [3.05, 3.63) is 54.1 Å². The molecule has 0 aromatic heterocycles. The Morgan fingerprint density at radius 3 is 2.03 bits per heavy atom. The minimum atomic E-state index is -4.09. The summed E-state index contributed by atoms with van der Waals surface area (Å²) >= 11 is 0. The first-order valence-corrected chi connectivity index (χ1v) is 11.2. The molecular formula is C25H29F3N2O2. The molecule has 2 aliphatic rings. The number of piperidine rings is 1. The number of alkyl halides is 3. The third-order valence-corrected chi connectivity index (χ3v) is 7.09. The van der Waals surface area contributed by atoms with E-state index in [1.54, 1.807) is 24.3 Å². The summed E-state index contributed by atoms with van der Waals surface area (Å²) in [5, 5.41) is 12.5. The lowest BCUT2D eigenvalue weighted by Gasteiger charge is -2.47. The summed E-state index contributed by atoms with van der Waals surface area (Å²) in [6.07, 6.45) is -1.03. The number of anilines is 1. The van der Waals surface area contributed by atoms with Gasteiger partial charge in [0.15, 0.2) is 0 Å². The van der Waals surface area contributed by atoms with Crippen LogP contribution in [0.2, 0.25) is 0 Å². The van der Waals surface area contributed by atoms with E-state index in [0.29, 0.717) is 12.3 Å². The molecule has 0 amide bonds. The average Bonchev–Trinajstić information content (AvgIpc) is 2.75. The average molecular weight is 447 g/mol. The summed E-state index contributed by atoms with van der Waals surface area (Å²) < 4.78 is 40.3. The lowest BCUT2D eigenvalue weighted by Crippen LogP contribution is -2.53. The van der Waals surface area contributed by atoms with Crippen molar-refractivity contribution in [2.75, 3.05) is 31.5 Å². The molecule has 0 radical (unpaired) electrons. The van der Waals surface area contributed by atoms with Crippen molar-refractivity contribution in [3.63, 3.8) is 0 Å². The standard InChI is InChI=1S/C25H29F3N2O2/c26-25(27,28)24(12-1-13-24)17-30-14-10-18(11-15-30)16-29-22-8-6-20(7-9-22)19-2-4-21(5-3-19)23(31)32/h2-9,18,29H,1,10-17H2,(H,31,32). The summed E-state index contributed by atoms with van der Waals surface area (Å²) in [4.78, 5) is 13.0. The van der Waals surface area contributed by atoms with Crippen molar-refractivity contribution in [1.82, 2.24) is 4.90 Å². The molecule has 1 saturated heterocycles. The van der Waals surface area contributed by atoms with Gasteiger partial charge in [-0.15, -0.1) is 0 Å². The number of nitrogens with one attached hydrogen (secondary N) is 1. The maximum absolute atomic E-state index is 13.4. The van der Waals surface area contributed by atoms with Gasteiger partial charge in [-0.25, -0.2) is 4.79 Å². The molecule has 4 nitrogen and oxygen atoms in total. The van der Waals surface area contributed by atoms with Gasteiger partial charge < -0.3 is 15.3 Å². The number of hydrogen-bond acceptors (Lipinski definition) is 3. The van der Waals surface area contributed by atoms with Crippen LogP contribution in [0.15, 0.2) is 48.5 Å². The summed E-state index contributed by atoms with van der Waals surface area (Å²) in [7, 11) is 0. The molecule has 0 bridgehead atoms. The van der Waals surface area contributed by atoms with Crippen LogP contribution in [0.5, 0.6) is 0 Å². The number of carbonyl (C=O) groups is 1. The summed E-state index contributed by atoms with van der Waals surface area (Å²) in [6, 6.07) is 14.8. The largest absolute Gasteiger partial charge is 0.478 e. The zero-order valence-electron chi connectivity index (χ0n) is 18.0. The normalized spacial score (nSPS) is 19.3. The monoisotopic (exact) mass is 446 g/mol. The number of benzene rings is 2. The molecule has 32 heavy (non-hydrogen) atoms. The maximum atomic E-state index is 13.4. The fourth-order valence-corrected chi connectivity index (χ4v) is 4.76. The van der Waals surface area contributed by atoms with Gasteiger partial charge in [-0.3, -0.25) is 0 Å². The highest BCUT2D eigenvalue weighted by atomic mass is 19.4. The van der Waals surface area contributed by atoms with Gasteiger partial charge in [0.1, 0.15) is 0 Å². The van der Waals surface area contributed by atoms with Crippen LogP contribution in [-0.2, 0) is 0 Å². The number of likely N-dealkylation sites (tertiary alicyclic amines) is 1. The Morgan fingerprint density at radius 1 is 1.00 bits per heavy atom. The first-order valence-electron chi connectivity index (χ1n) is 11.2. The fraction of sp³-hybridized carbons (Fsp3) is 0.480. The van der Waals surface area contributed by atoms with Gasteiger partial charge >= 0.3 is 12.1 Å². The highest BCUT2D eigenvalue weighted by Crippen LogP contribution is 2.53. The summed E-state index contributed by atoms with van der Waals surface area (Å²) in [6.45, 7) is 2.43. The van der Waals surface area contributed by atoms with E-state index in [9.17, 15) is 18.0 Å². The summed E-state index contributed by atoms with van der Waals surface area (Å²) in [5.41, 5.74) is 1.77. The van der Waals surface area contributed by atoms with E-state index in [1.807, 2.05) is 29.2 Å². The van der Waals surface area contributed by atoms with E-state index < -0.39 is 17.6 Å². The minimum Gasteiger partial charge on any atom is -0.478 e. The van der Waals surface area contributed by atoms with Crippen LogP contribution < -0.4 is 5.32 Å². The predicted molar refractivity (Wildman–Crippen MR) is 119 cm³/mol. The number of carboxylic acid groups (broad SMARTS) is 1. The van der Waals surface area contributed by atoms with Crippen molar-refractivity contribution in [1.29, 1.82) is 0 Å². The molecule has 0 unspecified atom stereocenters. The third-order valence-electron chi connectivity index (χ3n) is 7.09. The Morgan fingerprint density at radius 2 is 1.56 bits per heavy atom. The molecule has 172 valence electrons. The first-order chi connectivity index (χ1) is 15.3.